The Morgan fingerprint density at radius 3 is 2.77 bits per heavy atom. The van der Waals surface area contributed by atoms with E-state index in [-0.39, 0.29) is 18.9 Å². The molecule has 0 aromatic heterocycles. The molecule has 1 saturated heterocycles. The summed E-state index contributed by atoms with van der Waals surface area (Å²) < 4.78 is 5.50. The minimum Gasteiger partial charge on any atom is -0.481 e. The molecule has 1 fully saturated rings. The van der Waals surface area contributed by atoms with Crippen molar-refractivity contribution in [2.24, 2.45) is 0 Å². The summed E-state index contributed by atoms with van der Waals surface area (Å²) in [5, 5.41) is 8.98. The number of aryl methyl sites for hydroxylation is 2. The summed E-state index contributed by atoms with van der Waals surface area (Å²) in [4.78, 5) is 25.3. The fraction of sp³-hybridized carbons (Fsp3) is 0.529. The minimum absolute atomic E-state index is 0.0735. The van der Waals surface area contributed by atoms with Crippen LogP contribution in [0.15, 0.2) is 18.2 Å². The van der Waals surface area contributed by atoms with Crippen LogP contribution in [0, 0.1) is 6.92 Å². The Morgan fingerprint density at radius 1 is 1.41 bits per heavy atom. The fourth-order valence-corrected chi connectivity index (χ4v) is 2.88. The molecule has 1 unspecified atom stereocenters. The van der Waals surface area contributed by atoms with Crippen LogP contribution >= 0.6 is 0 Å². The number of carboxylic acid groups (broad SMARTS) is 1. The van der Waals surface area contributed by atoms with E-state index < -0.39 is 12.1 Å². The molecule has 1 aromatic carbocycles. The molecule has 120 valence electrons. The Morgan fingerprint density at radius 2 is 2.18 bits per heavy atom. The zero-order valence-electron chi connectivity index (χ0n) is 13.2. The minimum atomic E-state index is -0.906. The van der Waals surface area contributed by atoms with Gasteiger partial charge in [0.1, 0.15) is 6.10 Å². The second-order valence-electron chi connectivity index (χ2n) is 5.57. The van der Waals surface area contributed by atoms with Gasteiger partial charge in [0.2, 0.25) is 0 Å². The van der Waals surface area contributed by atoms with E-state index in [4.69, 9.17) is 9.84 Å². The lowest BCUT2D eigenvalue weighted by atomic mass is 10.0. The second-order valence-corrected chi connectivity index (χ2v) is 5.57. The molecule has 1 aliphatic heterocycles. The summed E-state index contributed by atoms with van der Waals surface area (Å²) in [6.45, 7) is 4.75. The number of hydrogen-bond donors (Lipinski definition) is 1. The highest BCUT2D eigenvalue weighted by Crippen LogP contribution is 2.28. The van der Waals surface area contributed by atoms with Crippen molar-refractivity contribution in [2.75, 3.05) is 18.1 Å². The van der Waals surface area contributed by atoms with Gasteiger partial charge in [-0.15, -0.1) is 0 Å². The van der Waals surface area contributed by atoms with E-state index in [1.807, 2.05) is 32.0 Å². The van der Waals surface area contributed by atoms with Gasteiger partial charge in [0.25, 0.3) is 5.91 Å². The maximum absolute atomic E-state index is 12.8. The Kier molecular flexibility index (Phi) is 5.55. The van der Waals surface area contributed by atoms with Crippen LogP contribution in [0.25, 0.3) is 0 Å². The van der Waals surface area contributed by atoms with Crippen LogP contribution in [0.1, 0.15) is 37.3 Å². The lowest BCUT2D eigenvalue weighted by Crippen LogP contribution is -2.41. The Balaban J connectivity index is 2.35. The molecular weight excluding hydrogens is 282 g/mol. The molecular formula is C17H23NO4. The first-order chi connectivity index (χ1) is 10.5. The van der Waals surface area contributed by atoms with Gasteiger partial charge in [-0.3, -0.25) is 9.59 Å². The third-order valence-corrected chi connectivity index (χ3v) is 3.99. The molecule has 1 atom stereocenters. The van der Waals surface area contributed by atoms with Gasteiger partial charge in [-0.25, -0.2) is 0 Å². The standard InChI is InChI=1S/C17H23NO4/c1-3-13-7-4-6-12(2)16(13)18(10-9-15(19)20)17(21)14-8-5-11-22-14/h4,6-7,14H,3,5,8-11H2,1-2H3,(H,19,20). The molecule has 1 amide bonds. The normalized spacial score (nSPS) is 17.5. The van der Waals surface area contributed by atoms with Crippen molar-refractivity contribution in [1.82, 2.24) is 0 Å². The highest BCUT2D eigenvalue weighted by molar-refractivity contribution is 5.98. The van der Waals surface area contributed by atoms with E-state index in [0.29, 0.717) is 13.0 Å². The number of ether oxygens (including phenoxy) is 1. The third kappa shape index (κ3) is 3.65. The number of carbonyl (C=O) groups excluding carboxylic acids is 1. The highest BCUT2D eigenvalue weighted by atomic mass is 16.5. The van der Waals surface area contributed by atoms with E-state index >= 15 is 0 Å². The third-order valence-electron chi connectivity index (χ3n) is 3.99. The summed E-state index contributed by atoms with van der Waals surface area (Å²) in [5.74, 6) is -1.03. The first kappa shape index (κ1) is 16.5. The van der Waals surface area contributed by atoms with Crippen molar-refractivity contribution in [1.29, 1.82) is 0 Å². The molecule has 0 aliphatic carbocycles. The predicted octanol–water partition coefficient (Wildman–Crippen LogP) is 2.54. The highest BCUT2D eigenvalue weighted by Gasteiger charge is 2.30. The van der Waals surface area contributed by atoms with Gasteiger partial charge >= 0.3 is 5.97 Å². The number of hydrogen-bond acceptors (Lipinski definition) is 3. The average Bonchev–Trinajstić information content (AvgIpc) is 3.02. The molecule has 0 radical (unpaired) electrons. The molecule has 1 aliphatic rings. The molecule has 0 saturated carbocycles. The summed E-state index contributed by atoms with van der Waals surface area (Å²) in [6, 6.07) is 5.90. The van der Waals surface area contributed by atoms with Crippen molar-refractivity contribution >= 4 is 17.6 Å². The summed E-state index contributed by atoms with van der Waals surface area (Å²) in [7, 11) is 0. The van der Waals surface area contributed by atoms with Crippen LogP contribution in [0.5, 0.6) is 0 Å². The number of anilines is 1. The zero-order chi connectivity index (χ0) is 16.1. The molecule has 1 heterocycles. The summed E-state index contributed by atoms with van der Waals surface area (Å²) in [6.07, 6.45) is 1.85. The number of rotatable bonds is 6. The van der Waals surface area contributed by atoms with Crippen molar-refractivity contribution in [3.63, 3.8) is 0 Å². The van der Waals surface area contributed by atoms with Gasteiger partial charge in [0.05, 0.1) is 6.42 Å². The average molecular weight is 305 g/mol. The van der Waals surface area contributed by atoms with Gasteiger partial charge in [0.15, 0.2) is 0 Å². The first-order valence-corrected chi connectivity index (χ1v) is 7.77. The SMILES string of the molecule is CCc1cccc(C)c1N(CCC(=O)O)C(=O)C1CCCO1. The first-order valence-electron chi connectivity index (χ1n) is 7.77. The van der Waals surface area contributed by atoms with Crippen LogP contribution in [0.2, 0.25) is 0 Å². The van der Waals surface area contributed by atoms with Crippen LogP contribution < -0.4 is 4.90 Å². The Hall–Kier alpha value is -1.88. The number of carbonyl (C=O) groups is 2. The van der Waals surface area contributed by atoms with Crippen molar-refractivity contribution in [2.45, 2.75) is 45.6 Å². The van der Waals surface area contributed by atoms with E-state index in [9.17, 15) is 9.59 Å². The van der Waals surface area contributed by atoms with Crippen LogP contribution in [0.3, 0.4) is 0 Å². The monoisotopic (exact) mass is 305 g/mol. The number of aliphatic carboxylic acids is 1. The van der Waals surface area contributed by atoms with Gasteiger partial charge in [-0.1, -0.05) is 25.1 Å². The number of benzene rings is 1. The van der Waals surface area contributed by atoms with E-state index in [1.54, 1.807) is 4.90 Å². The quantitative estimate of drug-likeness (QED) is 0.877. The molecule has 0 spiro atoms. The molecule has 2 rings (SSSR count). The van der Waals surface area contributed by atoms with Crippen LogP contribution in [-0.4, -0.2) is 36.2 Å². The number of para-hydroxylation sites is 1. The van der Waals surface area contributed by atoms with Gasteiger partial charge in [-0.05, 0) is 37.3 Å². The summed E-state index contributed by atoms with van der Waals surface area (Å²) >= 11 is 0. The largest absolute Gasteiger partial charge is 0.481 e. The fourth-order valence-electron chi connectivity index (χ4n) is 2.88. The van der Waals surface area contributed by atoms with Crippen molar-refractivity contribution in [3.05, 3.63) is 29.3 Å². The lowest BCUT2D eigenvalue weighted by Gasteiger charge is -2.28. The topological polar surface area (TPSA) is 66.8 Å². The molecule has 5 nitrogen and oxygen atoms in total. The van der Waals surface area contributed by atoms with Gasteiger partial charge < -0.3 is 14.7 Å². The van der Waals surface area contributed by atoms with Crippen molar-refractivity contribution in [3.8, 4) is 0 Å². The predicted molar refractivity (Wildman–Crippen MR) is 84.1 cm³/mol. The summed E-state index contributed by atoms with van der Waals surface area (Å²) in [5.41, 5.74) is 2.87. The molecule has 0 bridgehead atoms. The van der Waals surface area contributed by atoms with Crippen LogP contribution in [-0.2, 0) is 20.7 Å². The second kappa shape index (κ2) is 7.40. The van der Waals surface area contributed by atoms with E-state index in [2.05, 4.69) is 0 Å². The maximum atomic E-state index is 12.8. The molecule has 22 heavy (non-hydrogen) atoms. The Labute approximate surface area is 130 Å². The van der Waals surface area contributed by atoms with E-state index in [0.717, 1.165) is 29.7 Å². The number of amides is 1. The lowest BCUT2D eigenvalue weighted by molar-refractivity contribution is -0.136. The molecule has 5 heteroatoms. The Bertz CT molecular complexity index is 550. The molecule has 1 N–H and O–H groups in total. The maximum Gasteiger partial charge on any atom is 0.305 e. The van der Waals surface area contributed by atoms with Gasteiger partial charge in [-0.2, -0.15) is 0 Å². The smallest absolute Gasteiger partial charge is 0.305 e. The van der Waals surface area contributed by atoms with Gasteiger partial charge in [0, 0.05) is 18.8 Å². The molecule has 1 aromatic rings. The number of carboxylic acids is 1. The zero-order valence-corrected chi connectivity index (χ0v) is 13.2. The van der Waals surface area contributed by atoms with Crippen molar-refractivity contribution < 1.29 is 19.4 Å². The van der Waals surface area contributed by atoms with Crippen LogP contribution in [0.4, 0.5) is 5.69 Å². The van der Waals surface area contributed by atoms with E-state index in [1.165, 1.54) is 0 Å². The number of nitrogens with zero attached hydrogens (tertiary/aromatic N) is 1.